The van der Waals surface area contributed by atoms with Gasteiger partial charge in [0.2, 0.25) is 21.8 Å². The van der Waals surface area contributed by atoms with Crippen molar-refractivity contribution in [3.8, 4) is 5.75 Å². The third-order valence-electron chi connectivity index (χ3n) is 6.96. The van der Waals surface area contributed by atoms with Gasteiger partial charge in [0, 0.05) is 35.6 Å². The molecule has 0 aromatic heterocycles. The fraction of sp³-hybridized carbons (Fsp3) is 0.212. The largest absolute Gasteiger partial charge is 0.489 e. The number of benzene rings is 4. The highest BCUT2D eigenvalue weighted by molar-refractivity contribution is 7.92. The molecule has 0 unspecified atom stereocenters. The minimum atomic E-state index is -3.92. The standard InChI is InChI=1S/C33H33Cl2N3O5S/c1-36-33(40)31(20-24-10-5-3-6-11-24)37(21-28-29(34)14-9-15-30(28)35)32(39)22-38(44(2,41)42)26-16-18-27(19-17-26)43-23-25-12-7-4-8-13-25/h3-19,31H,20-23H2,1-2H3,(H,36,40)/t31-/m1/s1. The molecule has 0 aliphatic carbocycles. The summed E-state index contributed by atoms with van der Waals surface area (Å²) < 4.78 is 32.8. The minimum Gasteiger partial charge on any atom is -0.489 e. The van der Waals surface area contributed by atoms with Crippen molar-refractivity contribution in [2.75, 3.05) is 24.2 Å². The molecule has 0 saturated carbocycles. The molecule has 11 heteroatoms. The zero-order valence-electron chi connectivity index (χ0n) is 24.3. The summed E-state index contributed by atoms with van der Waals surface area (Å²) in [6.45, 7) is -0.337. The van der Waals surface area contributed by atoms with E-state index in [2.05, 4.69) is 5.32 Å². The van der Waals surface area contributed by atoms with Crippen LogP contribution >= 0.6 is 23.2 Å². The highest BCUT2D eigenvalue weighted by atomic mass is 35.5. The average molecular weight is 655 g/mol. The number of carbonyl (C=O) groups excluding carboxylic acids is 2. The molecule has 0 heterocycles. The molecule has 0 aliphatic heterocycles. The third kappa shape index (κ3) is 8.75. The second kappa shape index (κ2) is 15.1. The molecule has 4 rings (SSSR count). The summed E-state index contributed by atoms with van der Waals surface area (Å²) in [6.07, 6.45) is 1.20. The molecule has 0 fully saturated rings. The maximum Gasteiger partial charge on any atom is 0.244 e. The van der Waals surface area contributed by atoms with Crippen molar-refractivity contribution in [3.63, 3.8) is 0 Å². The van der Waals surface area contributed by atoms with Gasteiger partial charge < -0.3 is 15.0 Å². The molecule has 1 N–H and O–H groups in total. The molecule has 2 amide bonds. The topological polar surface area (TPSA) is 96.0 Å². The van der Waals surface area contributed by atoms with Crippen molar-refractivity contribution in [1.82, 2.24) is 10.2 Å². The number of nitrogens with one attached hydrogen (secondary N) is 1. The number of nitrogens with zero attached hydrogens (tertiary/aromatic N) is 2. The van der Waals surface area contributed by atoms with Gasteiger partial charge in [-0.2, -0.15) is 0 Å². The number of amides is 2. The Labute approximate surface area is 268 Å². The maximum absolute atomic E-state index is 14.1. The van der Waals surface area contributed by atoms with Crippen LogP contribution in [0.1, 0.15) is 16.7 Å². The Balaban J connectivity index is 1.64. The lowest BCUT2D eigenvalue weighted by atomic mass is 10.0. The molecule has 0 radical (unpaired) electrons. The normalized spacial score (nSPS) is 11.8. The summed E-state index contributed by atoms with van der Waals surface area (Å²) in [5.74, 6) is -0.494. The number of carbonyl (C=O) groups is 2. The first kappa shape index (κ1) is 32.9. The molecule has 0 saturated heterocycles. The Bertz CT molecular complexity index is 1650. The van der Waals surface area contributed by atoms with Crippen LogP contribution in [0.2, 0.25) is 10.0 Å². The molecule has 0 aliphatic rings. The maximum atomic E-state index is 14.1. The van der Waals surface area contributed by atoms with E-state index in [-0.39, 0.29) is 18.7 Å². The zero-order chi connectivity index (χ0) is 31.7. The number of halogens is 2. The fourth-order valence-electron chi connectivity index (χ4n) is 4.64. The van der Waals surface area contributed by atoms with Gasteiger partial charge in [0.25, 0.3) is 0 Å². The first-order valence-corrected chi connectivity index (χ1v) is 16.4. The van der Waals surface area contributed by atoms with Crippen LogP contribution in [0.4, 0.5) is 5.69 Å². The number of hydrogen-bond acceptors (Lipinski definition) is 5. The quantitative estimate of drug-likeness (QED) is 0.199. The molecule has 230 valence electrons. The molecule has 0 bridgehead atoms. The minimum absolute atomic E-state index is 0.119. The first-order valence-electron chi connectivity index (χ1n) is 13.8. The van der Waals surface area contributed by atoms with Crippen LogP contribution in [0, 0.1) is 0 Å². The van der Waals surface area contributed by atoms with Crippen LogP contribution in [-0.2, 0) is 39.2 Å². The van der Waals surface area contributed by atoms with E-state index in [0.29, 0.717) is 28.0 Å². The number of anilines is 1. The van der Waals surface area contributed by atoms with Crippen molar-refractivity contribution < 1.29 is 22.7 Å². The Morgan fingerprint density at radius 2 is 1.39 bits per heavy atom. The lowest BCUT2D eigenvalue weighted by Crippen LogP contribution is -2.53. The van der Waals surface area contributed by atoms with Gasteiger partial charge in [0.1, 0.15) is 24.9 Å². The summed E-state index contributed by atoms with van der Waals surface area (Å²) in [7, 11) is -2.44. The van der Waals surface area contributed by atoms with Crippen molar-refractivity contribution in [2.24, 2.45) is 0 Å². The van der Waals surface area contributed by atoms with Gasteiger partial charge in [0.15, 0.2) is 0 Å². The van der Waals surface area contributed by atoms with Gasteiger partial charge >= 0.3 is 0 Å². The van der Waals surface area contributed by atoms with Crippen LogP contribution in [0.3, 0.4) is 0 Å². The van der Waals surface area contributed by atoms with E-state index in [9.17, 15) is 18.0 Å². The second-order valence-corrected chi connectivity index (χ2v) is 12.8. The molecule has 4 aromatic carbocycles. The van der Waals surface area contributed by atoms with E-state index in [1.54, 1.807) is 42.5 Å². The lowest BCUT2D eigenvalue weighted by Gasteiger charge is -2.33. The second-order valence-electron chi connectivity index (χ2n) is 10.1. The van der Waals surface area contributed by atoms with Gasteiger partial charge in [-0.25, -0.2) is 8.42 Å². The van der Waals surface area contributed by atoms with Crippen LogP contribution in [-0.4, -0.2) is 51.0 Å². The van der Waals surface area contributed by atoms with Crippen LogP contribution in [0.15, 0.2) is 103 Å². The zero-order valence-corrected chi connectivity index (χ0v) is 26.6. The van der Waals surface area contributed by atoms with Gasteiger partial charge in [-0.1, -0.05) is 89.9 Å². The molecular formula is C33H33Cl2N3O5S. The molecule has 8 nitrogen and oxygen atoms in total. The average Bonchev–Trinajstić information content (AvgIpc) is 3.02. The predicted octanol–water partition coefficient (Wildman–Crippen LogP) is 5.72. The molecule has 0 spiro atoms. The van der Waals surface area contributed by atoms with E-state index >= 15 is 0 Å². The first-order chi connectivity index (χ1) is 21.1. The number of hydrogen-bond donors (Lipinski definition) is 1. The number of sulfonamides is 1. The van der Waals surface area contributed by atoms with E-state index in [1.807, 2.05) is 60.7 Å². The summed E-state index contributed by atoms with van der Waals surface area (Å²) in [5, 5.41) is 3.27. The smallest absolute Gasteiger partial charge is 0.244 e. The summed E-state index contributed by atoms with van der Waals surface area (Å²) in [5.41, 5.74) is 2.51. The van der Waals surface area contributed by atoms with E-state index in [4.69, 9.17) is 27.9 Å². The lowest BCUT2D eigenvalue weighted by molar-refractivity contribution is -0.139. The number of rotatable bonds is 13. The van der Waals surface area contributed by atoms with Gasteiger partial charge in [0.05, 0.1) is 11.9 Å². The SMILES string of the molecule is CNC(=O)[C@@H](Cc1ccccc1)N(Cc1c(Cl)cccc1Cl)C(=O)CN(c1ccc(OCc2ccccc2)cc1)S(C)(=O)=O. The number of likely N-dealkylation sites (N-methyl/N-ethyl adjacent to an activating group) is 1. The Kier molecular flexibility index (Phi) is 11.3. The molecule has 4 aromatic rings. The highest BCUT2D eigenvalue weighted by Crippen LogP contribution is 2.28. The summed E-state index contributed by atoms with van der Waals surface area (Å²) in [6, 6.07) is 29.3. The van der Waals surface area contributed by atoms with Crippen LogP contribution < -0.4 is 14.4 Å². The van der Waals surface area contributed by atoms with Crippen LogP contribution in [0.5, 0.6) is 5.75 Å². The highest BCUT2D eigenvalue weighted by Gasteiger charge is 2.33. The Morgan fingerprint density at radius 3 is 1.93 bits per heavy atom. The van der Waals surface area contributed by atoms with Crippen molar-refractivity contribution >= 4 is 50.7 Å². The van der Waals surface area contributed by atoms with Crippen LogP contribution in [0.25, 0.3) is 0 Å². The summed E-state index contributed by atoms with van der Waals surface area (Å²) >= 11 is 12.9. The van der Waals surface area contributed by atoms with Gasteiger partial charge in [-0.05, 0) is 47.5 Å². The van der Waals surface area contributed by atoms with E-state index < -0.39 is 34.4 Å². The van der Waals surface area contributed by atoms with Gasteiger partial charge in [-0.3, -0.25) is 13.9 Å². The Morgan fingerprint density at radius 1 is 0.818 bits per heavy atom. The summed E-state index contributed by atoms with van der Waals surface area (Å²) in [4.78, 5) is 28.7. The fourth-order valence-corrected chi connectivity index (χ4v) is 6.00. The third-order valence-corrected chi connectivity index (χ3v) is 8.81. The molecule has 1 atom stereocenters. The van der Waals surface area contributed by atoms with E-state index in [1.165, 1.54) is 11.9 Å². The van der Waals surface area contributed by atoms with Gasteiger partial charge in [-0.15, -0.1) is 0 Å². The van der Waals surface area contributed by atoms with Crippen molar-refractivity contribution in [1.29, 1.82) is 0 Å². The number of ether oxygens (including phenoxy) is 1. The predicted molar refractivity (Wildman–Crippen MR) is 174 cm³/mol. The monoisotopic (exact) mass is 653 g/mol. The van der Waals surface area contributed by atoms with Crippen molar-refractivity contribution in [3.05, 3.63) is 130 Å². The van der Waals surface area contributed by atoms with E-state index in [0.717, 1.165) is 21.7 Å². The molecule has 44 heavy (non-hydrogen) atoms. The molecular weight excluding hydrogens is 621 g/mol. The van der Waals surface area contributed by atoms with Crippen molar-refractivity contribution in [2.45, 2.75) is 25.6 Å². The Hall–Kier alpha value is -4.05.